The lowest BCUT2D eigenvalue weighted by molar-refractivity contribution is 0.0728. The molecule has 0 atom stereocenters. The summed E-state index contributed by atoms with van der Waals surface area (Å²) in [6.45, 7) is 4.45. The van der Waals surface area contributed by atoms with Crippen LogP contribution in [0.15, 0.2) is 29.2 Å². The smallest absolute Gasteiger partial charge is 0.0587 e. The lowest BCUT2D eigenvalue weighted by atomic mass is 10.0. The van der Waals surface area contributed by atoms with Crippen molar-refractivity contribution in [1.82, 2.24) is 5.32 Å². The van der Waals surface area contributed by atoms with Gasteiger partial charge in [0.05, 0.1) is 6.61 Å². The second-order valence-corrected chi connectivity index (χ2v) is 6.28. The Labute approximate surface area is 126 Å². The zero-order valence-electron chi connectivity index (χ0n) is 12.3. The standard InChI is InChI=1S/C16H25NO2S/c1-18-10-7-17-12-15-3-2-4-16(11-15)20-13-14-5-8-19-9-6-14/h2-4,11,14,17H,5-10,12-13H2,1H3. The molecular formula is C16H25NO2S. The Bertz CT molecular complexity index is 380. The van der Waals surface area contributed by atoms with Crippen LogP contribution in [0.25, 0.3) is 0 Å². The Balaban J connectivity index is 1.73. The number of methoxy groups -OCH3 is 1. The molecule has 1 fully saturated rings. The van der Waals surface area contributed by atoms with E-state index in [4.69, 9.17) is 9.47 Å². The highest BCUT2D eigenvalue weighted by Crippen LogP contribution is 2.26. The average molecular weight is 295 g/mol. The molecule has 0 saturated carbocycles. The SMILES string of the molecule is COCCNCc1cccc(SCC2CCOCC2)c1. The van der Waals surface area contributed by atoms with Gasteiger partial charge in [0.15, 0.2) is 0 Å². The minimum Gasteiger partial charge on any atom is -0.383 e. The summed E-state index contributed by atoms with van der Waals surface area (Å²) in [7, 11) is 1.73. The minimum absolute atomic E-state index is 0.762. The topological polar surface area (TPSA) is 30.5 Å². The molecule has 2 rings (SSSR count). The number of ether oxygens (including phenoxy) is 2. The Hall–Kier alpha value is -0.550. The zero-order valence-corrected chi connectivity index (χ0v) is 13.1. The number of hydrogen-bond donors (Lipinski definition) is 1. The summed E-state index contributed by atoms with van der Waals surface area (Å²) in [5, 5.41) is 3.38. The van der Waals surface area contributed by atoms with Crippen LogP contribution in [0.5, 0.6) is 0 Å². The van der Waals surface area contributed by atoms with Crippen molar-refractivity contribution < 1.29 is 9.47 Å². The quantitative estimate of drug-likeness (QED) is 0.590. The number of rotatable bonds is 8. The predicted octanol–water partition coefficient (Wildman–Crippen LogP) is 2.94. The van der Waals surface area contributed by atoms with Crippen LogP contribution in [0.3, 0.4) is 0 Å². The maximum absolute atomic E-state index is 5.41. The predicted molar refractivity (Wildman–Crippen MR) is 84.3 cm³/mol. The van der Waals surface area contributed by atoms with E-state index in [1.807, 2.05) is 11.8 Å². The molecule has 0 unspecified atom stereocenters. The first-order valence-corrected chi connectivity index (χ1v) is 8.36. The van der Waals surface area contributed by atoms with Crippen LogP contribution in [0.2, 0.25) is 0 Å². The van der Waals surface area contributed by atoms with Crippen molar-refractivity contribution in [1.29, 1.82) is 0 Å². The molecule has 1 heterocycles. The molecule has 1 aromatic rings. The summed E-state index contributed by atoms with van der Waals surface area (Å²) in [4.78, 5) is 1.38. The molecule has 1 aliphatic rings. The molecule has 0 bridgehead atoms. The molecule has 1 aromatic carbocycles. The highest BCUT2D eigenvalue weighted by Gasteiger charge is 2.13. The highest BCUT2D eigenvalue weighted by molar-refractivity contribution is 7.99. The van der Waals surface area contributed by atoms with Gasteiger partial charge in [-0.25, -0.2) is 0 Å². The van der Waals surface area contributed by atoms with Crippen molar-refractivity contribution in [2.45, 2.75) is 24.3 Å². The maximum Gasteiger partial charge on any atom is 0.0587 e. The van der Waals surface area contributed by atoms with E-state index in [1.54, 1.807) is 7.11 Å². The molecule has 3 nitrogen and oxygen atoms in total. The number of hydrogen-bond acceptors (Lipinski definition) is 4. The van der Waals surface area contributed by atoms with Crippen LogP contribution in [-0.2, 0) is 16.0 Å². The Kier molecular flexibility index (Phi) is 7.44. The van der Waals surface area contributed by atoms with Crippen molar-refractivity contribution in [2.24, 2.45) is 5.92 Å². The summed E-state index contributed by atoms with van der Waals surface area (Å²) in [5.74, 6) is 2.03. The zero-order chi connectivity index (χ0) is 14.0. The third-order valence-electron chi connectivity index (χ3n) is 3.54. The number of thioether (sulfide) groups is 1. The van der Waals surface area contributed by atoms with Crippen LogP contribution >= 0.6 is 11.8 Å². The molecule has 20 heavy (non-hydrogen) atoms. The first-order valence-electron chi connectivity index (χ1n) is 7.37. The van der Waals surface area contributed by atoms with Crippen LogP contribution in [0.1, 0.15) is 18.4 Å². The fourth-order valence-corrected chi connectivity index (χ4v) is 3.45. The average Bonchev–Trinajstić information content (AvgIpc) is 2.51. The van der Waals surface area contributed by atoms with Crippen LogP contribution < -0.4 is 5.32 Å². The van der Waals surface area contributed by atoms with E-state index in [-0.39, 0.29) is 0 Å². The van der Waals surface area contributed by atoms with E-state index >= 15 is 0 Å². The molecular weight excluding hydrogens is 270 g/mol. The molecule has 0 aliphatic carbocycles. The van der Waals surface area contributed by atoms with Gasteiger partial charge in [-0.3, -0.25) is 0 Å². The first-order chi connectivity index (χ1) is 9.88. The summed E-state index contributed by atoms with van der Waals surface area (Å²) in [6, 6.07) is 8.84. The molecule has 1 aliphatic heterocycles. The van der Waals surface area contributed by atoms with Gasteiger partial charge in [-0.1, -0.05) is 12.1 Å². The van der Waals surface area contributed by atoms with Gasteiger partial charge in [0.1, 0.15) is 0 Å². The van der Waals surface area contributed by atoms with E-state index in [2.05, 4.69) is 29.6 Å². The largest absolute Gasteiger partial charge is 0.383 e. The molecule has 0 amide bonds. The van der Waals surface area contributed by atoms with Crippen molar-refractivity contribution in [2.75, 3.05) is 39.2 Å². The molecule has 0 spiro atoms. The summed E-state index contributed by atoms with van der Waals surface area (Å²) in [6.07, 6.45) is 2.43. The third-order valence-corrected chi connectivity index (χ3v) is 4.76. The van der Waals surface area contributed by atoms with Crippen LogP contribution in [-0.4, -0.2) is 39.2 Å². The van der Waals surface area contributed by atoms with Gasteiger partial charge in [0.2, 0.25) is 0 Å². The van der Waals surface area contributed by atoms with Crippen molar-refractivity contribution in [3.8, 4) is 0 Å². The van der Waals surface area contributed by atoms with Crippen molar-refractivity contribution in [3.05, 3.63) is 29.8 Å². The highest BCUT2D eigenvalue weighted by atomic mass is 32.2. The lowest BCUT2D eigenvalue weighted by Gasteiger charge is -2.21. The summed E-state index contributed by atoms with van der Waals surface area (Å²) < 4.78 is 10.4. The Morgan fingerprint density at radius 1 is 1.35 bits per heavy atom. The van der Waals surface area contributed by atoms with Gasteiger partial charge in [0, 0.05) is 44.1 Å². The van der Waals surface area contributed by atoms with Crippen molar-refractivity contribution >= 4 is 11.8 Å². The fourth-order valence-electron chi connectivity index (χ4n) is 2.28. The van der Waals surface area contributed by atoms with Gasteiger partial charge in [0.25, 0.3) is 0 Å². The van der Waals surface area contributed by atoms with E-state index in [0.29, 0.717) is 0 Å². The van der Waals surface area contributed by atoms with Gasteiger partial charge in [-0.15, -0.1) is 11.8 Å². The summed E-state index contributed by atoms with van der Waals surface area (Å²) >= 11 is 1.98. The fraction of sp³-hybridized carbons (Fsp3) is 0.625. The normalized spacial score (nSPS) is 16.4. The summed E-state index contributed by atoms with van der Waals surface area (Å²) in [5.41, 5.74) is 1.35. The molecule has 112 valence electrons. The van der Waals surface area contributed by atoms with E-state index in [1.165, 1.54) is 29.1 Å². The maximum atomic E-state index is 5.41. The first kappa shape index (κ1) is 15.8. The van der Waals surface area contributed by atoms with Gasteiger partial charge in [-0.2, -0.15) is 0 Å². The number of nitrogens with one attached hydrogen (secondary N) is 1. The van der Waals surface area contributed by atoms with Crippen LogP contribution in [0.4, 0.5) is 0 Å². The van der Waals surface area contributed by atoms with Crippen molar-refractivity contribution in [3.63, 3.8) is 0 Å². The molecule has 0 radical (unpaired) electrons. The Morgan fingerprint density at radius 2 is 2.20 bits per heavy atom. The monoisotopic (exact) mass is 295 g/mol. The van der Waals surface area contributed by atoms with Crippen LogP contribution in [0, 0.1) is 5.92 Å². The second kappa shape index (κ2) is 9.40. The molecule has 0 aromatic heterocycles. The van der Waals surface area contributed by atoms with Gasteiger partial charge < -0.3 is 14.8 Å². The Morgan fingerprint density at radius 3 is 3.00 bits per heavy atom. The molecule has 1 saturated heterocycles. The third kappa shape index (κ3) is 5.83. The van der Waals surface area contributed by atoms with E-state index < -0.39 is 0 Å². The van der Waals surface area contributed by atoms with Gasteiger partial charge >= 0.3 is 0 Å². The minimum atomic E-state index is 0.762. The lowest BCUT2D eigenvalue weighted by Crippen LogP contribution is -2.18. The van der Waals surface area contributed by atoms with E-state index in [9.17, 15) is 0 Å². The number of benzene rings is 1. The second-order valence-electron chi connectivity index (χ2n) is 5.18. The van der Waals surface area contributed by atoms with Gasteiger partial charge in [-0.05, 0) is 36.5 Å². The molecule has 4 heteroatoms. The molecule has 1 N–H and O–H groups in total. The van der Waals surface area contributed by atoms with E-state index in [0.717, 1.165) is 38.8 Å².